The third-order valence-electron chi connectivity index (χ3n) is 2.44. The second-order valence-electron chi connectivity index (χ2n) is 3.81. The predicted molar refractivity (Wildman–Crippen MR) is 63.9 cm³/mol. The first-order valence-electron chi connectivity index (χ1n) is 5.76. The van der Waals surface area contributed by atoms with Gasteiger partial charge in [0.2, 0.25) is 0 Å². The Hall–Kier alpha value is -1.35. The van der Waals surface area contributed by atoms with E-state index in [1.165, 1.54) is 0 Å². The van der Waals surface area contributed by atoms with Crippen LogP contribution in [0.1, 0.15) is 37.9 Å². The zero-order chi connectivity index (χ0) is 11.8. The molecule has 0 saturated carbocycles. The van der Waals surface area contributed by atoms with Gasteiger partial charge in [-0.3, -0.25) is 4.79 Å². The van der Waals surface area contributed by atoms with Gasteiger partial charge in [0.05, 0.1) is 0 Å². The van der Waals surface area contributed by atoms with Gasteiger partial charge in [-0.25, -0.2) is 0 Å². The maximum Gasteiger partial charge on any atom is 0.253 e. The van der Waals surface area contributed by atoms with E-state index >= 15 is 0 Å². The van der Waals surface area contributed by atoms with E-state index in [2.05, 4.69) is 12.2 Å². The monoisotopic (exact) mass is 221 g/mol. The highest BCUT2D eigenvalue weighted by Crippen LogP contribution is 2.11. The van der Waals surface area contributed by atoms with Crippen molar-refractivity contribution in [3.05, 3.63) is 35.9 Å². The first kappa shape index (κ1) is 12.7. The molecule has 0 aromatic heterocycles. The van der Waals surface area contributed by atoms with Crippen molar-refractivity contribution in [2.45, 2.75) is 32.3 Å². The molecule has 3 nitrogen and oxygen atoms in total. The van der Waals surface area contributed by atoms with Crippen molar-refractivity contribution < 1.29 is 9.90 Å². The molecular weight excluding hydrogens is 202 g/mol. The van der Waals surface area contributed by atoms with Crippen molar-refractivity contribution in [2.24, 2.45) is 0 Å². The summed E-state index contributed by atoms with van der Waals surface area (Å²) in [6.07, 6.45) is 2.13. The maximum absolute atomic E-state index is 11.5. The highest BCUT2D eigenvalue weighted by Gasteiger charge is 2.15. The second-order valence-corrected chi connectivity index (χ2v) is 3.81. The maximum atomic E-state index is 11.5. The van der Waals surface area contributed by atoms with Gasteiger partial charge in [0, 0.05) is 6.54 Å². The lowest BCUT2D eigenvalue weighted by Crippen LogP contribution is -2.30. The second kappa shape index (κ2) is 7.01. The summed E-state index contributed by atoms with van der Waals surface area (Å²) in [6, 6.07) is 8.97. The molecule has 1 aromatic carbocycles. The fourth-order valence-electron chi connectivity index (χ4n) is 1.47. The van der Waals surface area contributed by atoms with Crippen LogP contribution in [0.2, 0.25) is 0 Å². The number of hydrogen-bond donors (Lipinski definition) is 2. The van der Waals surface area contributed by atoms with E-state index in [-0.39, 0.29) is 5.91 Å². The molecule has 0 aliphatic carbocycles. The Bertz CT molecular complexity index is 311. The summed E-state index contributed by atoms with van der Waals surface area (Å²) in [5.74, 6) is -0.317. The lowest BCUT2D eigenvalue weighted by molar-refractivity contribution is -0.129. The molecule has 1 rings (SSSR count). The van der Waals surface area contributed by atoms with Gasteiger partial charge in [0.1, 0.15) is 0 Å². The van der Waals surface area contributed by atoms with Crippen LogP contribution in [0.15, 0.2) is 30.3 Å². The first-order chi connectivity index (χ1) is 7.75. The molecule has 0 fully saturated rings. The van der Waals surface area contributed by atoms with Crippen molar-refractivity contribution in [1.82, 2.24) is 5.32 Å². The summed E-state index contributed by atoms with van der Waals surface area (Å²) in [4.78, 5) is 11.5. The molecule has 1 amide bonds. The third kappa shape index (κ3) is 4.03. The van der Waals surface area contributed by atoms with Crippen LogP contribution < -0.4 is 5.32 Å². The van der Waals surface area contributed by atoms with Gasteiger partial charge in [-0.1, -0.05) is 50.1 Å². The van der Waals surface area contributed by atoms with Gasteiger partial charge >= 0.3 is 0 Å². The zero-order valence-corrected chi connectivity index (χ0v) is 9.65. The van der Waals surface area contributed by atoms with Crippen LogP contribution >= 0.6 is 0 Å². The summed E-state index contributed by atoms with van der Waals surface area (Å²) in [6.45, 7) is 2.75. The predicted octanol–water partition coefficient (Wildman–Crippen LogP) is 2.03. The average Bonchev–Trinajstić information content (AvgIpc) is 2.34. The fourth-order valence-corrected chi connectivity index (χ4v) is 1.47. The van der Waals surface area contributed by atoms with Gasteiger partial charge < -0.3 is 10.4 Å². The molecule has 1 aromatic rings. The standard InChI is InChI=1S/C13H19NO2/c1-2-3-7-10-14-13(16)12(15)11-8-5-4-6-9-11/h4-6,8-9,12,15H,2-3,7,10H2,1H3,(H,14,16). The van der Waals surface area contributed by atoms with Crippen molar-refractivity contribution in [3.63, 3.8) is 0 Å². The summed E-state index contributed by atoms with van der Waals surface area (Å²) < 4.78 is 0. The first-order valence-corrected chi connectivity index (χ1v) is 5.76. The average molecular weight is 221 g/mol. The Kier molecular flexibility index (Phi) is 5.57. The zero-order valence-electron chi connectivity index (χ0n) is 9.65. The number of carbonyl (C=O) groups is 1. The number of benzene rings is 1. The van der Waals surface area contributed by atoms with E-state index < -0.39 is 6.10 Å². The summed E-state index contributed by atoms with van der Waals surface area (Å²) >= 11 is 0. The summed E-state index contributed by atoms with van der Waals surface area (Å²) in [5.41, 5.74) is 0.635. The molecule has 0 bridgehead atoms. The molecule has 2 N–H and O–H groups in total. The Balaban J connectivity index is 2.37. The number of unbranched alkanes of at least 4 members (excludes halogenated alkanes) is 2. The third-order valence-corrected chi connectivity index (χ3v) is 2.44. The number of aliphatic hydroxyl groups excluding tert-OH is 1. The minimum Gasteiger partial charge on any atom is -0.378 e. The van der Waals surface area contributed by atoms with Crippen LogP contribution in [0.4, 0.5) is 0 Å². The van der Waals surface area contributed by atoms with Crippen LogP contribution in [-0.4, -0.2) is 17.6 Å². The summed E-state index contributed by atoms with van der Waals surface area (Å²) in [7, 11) is 0. The molecule has 0 aliphatic heterocycles. The number of nitrogens with one attached hydrogen (secondary N) is 1. The molecule has 3 heteroatoms. The van der Waals surface area contributed by atoms with Gasteiger partial charge in [0.25, 0.3) is 5.91 Å². The molecular formula is C13H19NO2. The molecule has 1 atom stereocenters. The Morgan fingerprint density at radius 3 is 2.62 bits per heavy atom. The van der Waals surface area contributed by atoms with E-state index in [1.807, 2.05) is 18.2 Å². The van der Waals surface area contributed by atoms with Crippen LogP contribution in [0.3, 0.4) is 0 Å². The van der Waals surface area contributed by atoms with Crippen molar-refractivity contribution in [3.8, 4) is 0 Å². The van der Waals surface area contributed by atoms with Crippen LogP contribution in [0, 0.1) is 0 Å². The lowest BCUT2D eigenvalue weighted by atomic mass is 10.1. The molecule has 0 heterocycles. The molecule has 0 spiro atoms. The number of amides is 1. The number of rotatable bonds is 6. The topological polar surface area (TPSA) is 49.3 Å². The molecule has 16 heavy (non-hydrogen) atoms. The normalized spacial score (nSPS) is 12.1. The van der Waals surface area contributed by atoms with E-state index in [0.717, 1.165) is 19.3 Å². The Morgan fingerprint density at radius 1 is 1.31 bits per heavy atom. The summed E-state index contributed by atoms with van der Waals surface area (Å²) in [5, 5.41) is 12.5. The SMILES string of the molecule is CCCCCNC(=O)C(O)c1ccccc1. The van der Waals surface area contributed by atoms with Crippen LogP contribution in [-0.2, 0) is 4.79 Å². The van der Waals surface area contributed by atoms with Gasteiger partial charge in [-0.2, -0.15) is 0 Å². The van der Waals surface area contributed by atoms with Crippen LogP contribution in [0.5, 0.6) is 0 Å². The minimum absolute atomic E-state index is 0.317. The molecule has 0 aliphatic rings. The minimum atomic E-state index is -1.05. The van der Waals surface area contributed by atoms with Crippen LogP contribution in [0.25, 0.3) is 0 Å². The van der Waals surface area contributed by atoms with Crippen molar-refractivity contribution in [2.75, 3.05) is 6.54 Å². The number of hydrogen-bond acceptors (Lipinski definition) is 2. The molecule has 0 radical (unpaired) electrons. The van der Waals surface area contributed by atoms with E-state index in [0.29, 0.717) is 12.1 Å². The Labute approximate surface area is 96.5 Å². The molecule has 88 valence electrons. The van der Waals surface area contributed by atoms with Gasteiger partial charge in [-0.05, 0) is 12.0 Å². The molecule has 0 saturated heterocycles. The van der Waals surface area contributed by atoms with Crippen molar-refractivity contribution >= 4 is 5.91 Å². The highest BCUT2D eigenvalue weighted by molar-refractivity contribution is 5.81. The molecule has 1 unspecified atom stereocenters. The quantitative estimate of drug-likeness (QED) is 0.722. The van der Waals surface area contributed by atoms with E-state index in [9.17, 15) is 9.90 Å². The van der Waals surface area contributed by atoms with E-state index in [4.69, 9.17) is 0 Å². The van der Waals surface area contributed by atoms with Crippen molar-refractivity contribution in [1.29, 1.82) is 0 Å². The highest BCUT2D eigenvalue weighted by atomic mass is 16.3. The lowest BCUT2D eigenvalue weighted by Gasteiger charge is -2.11. The van der Waals surface area contributed by atoms with E-state index in [1.54, 1.807) is 12.1 Å². The largest absolute Gasteiger partial charge is 0.378 e. The Morgan fingerprint density at radius 2 is 2.00 bits per heavy atom. The van der Waals surface area contributed by atoms with Gasteiger partial charge in [0.15, 0.2) is 6.10 Å². The number of carbonyl (C=O) groups excluding carboxylic acids is 1. The van der Waals surface area contributed by atoms with Gasteiger partial charge in [-0.15, -0.1) is 0 Å². The fraction of sp³-hybridized carbons (Fsp3) is 0.462. The smallest absolute Gasteiger partial charge is 0.253 e. The number of aliphatic hydroxyl groups is 1.